The molecule has 0 radical (unpaired) electrons. The average Bonchev–Trinajstić information content (AvgIpc) is 2.88. The zero-order chi connectivity index (χ0) is 15.5. The molecule has 0 atom stereocenters. The lowest BCUT2D eigenvalue weighted by atomic mass is 10.2. The summed E-state index contributed by atoms with van der Waals surface area (Å²) in [5.74, 6) is 0.154. The van der Waals surface area contributed by atoms with Gasteiger partial charge in [0, 0.05) is 21.9 Å². The quantitative estimate of drug-likeness (QED) is 0.527. The SMILES string of the molecule is C=CCNC(=O)CSc1nnc2c(n1)[nH]c1ccc(Br)cc12. The number of fused-ring (bicyclic) bond motifs is 3. The van der Waals surface area contributed by atoms with Crippen molar-refractivity contribution in [1.82, 2.24) is 25.5 Å². The zero-order valence-corrected chi connectivity index (χ0v) is 13.9. The number of nitrogens with zero attached hydrogens (tertiary/aromatic N) is 3. The molecule has 2 N–H and O–H groups in total. The lowest BCUT2D eigenvalue weighted by molar-refractivity contribution is -0.118. The summed E-state index contributed by atoms with van der Waals surface area (Å²) in [6, 6.07) is 5.88. The maximum Gasteiger partial charge on any atom is 0.230 e. The van der Waals surface area contributed by atoms with E-state index in [9.17, 15) is 4.79 Å². The van der Waals surface area contributed by atoms with Crippen molar-refractivity contribution in [3.05, 3.63) is 35.3 Å². The third kappa shape index (κ3) is 3.12. The highest BCUT2D eigenvalue weighted by molar-refractivity contribution is 9.10. The molecule has 1 amide bonds. The molecule has 6 nitrogen and oxygen atoms in total. The number of H-pyrrole nitrogens is 1. The molecule has 0 saturated heterocycles. The van der Waals surface area contributed by atoms with Gasteiger partial charge in [-0.15, -0.1) is 16.8 Å². The van der Waals surface area contributed by atoms with Gasteiger partial charge in [0.2, 0.25) is 11.1 Å². The fourth-order valence-corrected chi connectivity index (χ4v) is 2.93. The van der Waals surface area contributed by atoms with Crippen LogP contribution in [-0.4, -0.2) is 38.4 Å². The van der Waals surface area contributed by atoms with Crippen LogP contribution in [0.15, 0.2) is 40.5 Å². The molecule has 3 aromatic rings. The second kappa shape index (κ2) is 6.45. The first kappa shape index (κ1) is 15.0. The molecule has 3 rings (SSSR count). The smallest absolute Gasteiger partial charge is 0.230 e. The molecular weight excluding hydrogens is 366 g/mol. The van der Waals surface area contributed by atoms with Gasteiger partial charge in [-0.2, -0.15) is 0 Å². The minimum Gasteiger partial charge on any atom is -0.352 e. The van der Waals surface area contributed by atoms with Crippen molar-refractivity contribution < 1.29 is 4.79 Å². The number of hydrogen-bond donors (Lipinski definition) is 2. The van der Waals surface area contributed by atoms with E-state index in [4.69, 9.17) is 0 Å². The number of rotatable bonds is 5. The molecule has 0 unspecified atom stereocenters. The van der Waals surface area contributed by atoms with Crippen LogP contribution in [0.2, 0.25) is 0 Å². The lowest BCUT2D eigenvalue weighted by Crippen LogP contribution is -2.25. The minimum absolute atomic E-state index is 0.0887. The Labute approximate surface area is 138 Å². The van der Waals surface area contributed by atoms with Crippen molar-refractivity contribution in [2.45, 2.75) is 5.16 Å². The van der Waals surface area contributed by atoms with Gasteiger partial charge in [-0.3, -0.25) is 4.79 Å². The highest BCUT2D eigenvalue weighted by Gasteiger charge is 2.11. The lowest BCUT2D eigenvalue weighted by Gasteiger charge is -2.00. The van der Waals surface area contributed by atoms with E-state index in [2.05, 4.69) is 48.0 Å². The van der Waals surface area contributed by atoms with Crippen LogP contribution < -0.4 is 5.32 Å². The number of halogens is 1. The Kier molecular flexibility index (Phi) is 4.39. The highest BCUT2D eigenvalue weighted by atomic mass is 79.9. The Hall–Kier alpha value is -1.93. The van der Waals surface area contributed by atoms with Gasteiger partial charge < -0.3 is 10.3 Å². The van der Waals surface area contributed by atoms with Gasteiger partial charge in [0.25, 0.3) is 0 Å². The summed E-state index contributed by atoms with van der Waals surface area (Å²) in [6.45, 7) is 4.00. The number of amides is 1. The van der Waals surface area contributed by atoms with Crippen molar-refractivity contribution in [3.8, 4) is 0 Å². The summed E-state index contributed by atoms with van der Waals surface area (Å²) >= 11 is 4.69. The van der Waals surface area contributed by atoms with Crippen LogP contribution in [-0.2, 0) is 4.79 Å². The van der Waals surface area contributed by atoms with E-state index in [1.54, 1.807) is 6.08 Å². The van der Waals surface area contributed by atoms with E-state index in [0.29, 0.717) is 17.3 Å². The van der Waals surface area contributed by atoms with Gasteiger partial charge in [-0.05, 0) is 18.2 Å². The fourth-order valence-electron chi connectivity index (χ4n) is 1.96. The molecule has 0 bridgehead atoms. The maximum atomic E-state index is 11.5. The summed E-state index contributed by atoms with van der Waals surface area (Å²) in [6.07, 6.45) is 1.63. The summed E-state index contributed by atoms with van der Waals surface area (Å²) in [5.41, 5.74) is 2.33. The average molecular weight is 378 g/mol. The van der Waals surface area contributed by atoms with Crippen molar-refractivity contribution in [3.63, 3.8) is 0 Å². The van der Waals surface area contributed by atoms with Crippen LogP contribution >= 0.6 is 27.7 Å². The molecule has 0 aliphatic rings. The van der Waals surface area contributed by atoms with Gasteiger partial charge in [0.05, 0.1) is 5.75 Å². The molecule has 1 aromatic carbocycles. The Morgan fingerprint density at radius 2 is 2.32 bits per heavy atom. The minimum atomic E-state index is -0.0887. The molecule has 0 aliphatic carbocycles. The zero-order valence-electron chi connectivity index (χ0n) is 11.5. The summed E-state index contributed by atoms with van der Waals surface area (Å²) in [4.78, 5) is 19.2. The first-order valence-corrected chi connectivity index (χ1v) is 8.27. The molecule has 22 heavy (non-hydrogen) atoms. The third-order valence-corrected chi connectivity index (χ3v) is 4.26. The summed E-state index contributed by atoms with van der Waals surface area (Å²) in [5, 5.41) is 12.4. The van der Waals surface area contributed by atoms with Gasteiger partial charge in [-0.25, -0.2) is 4.98 Å². The van der Waals surface area contributed by atoms with Crippen LogP contribution in [0.4, 0.5) is 0 Å². The molecule has 8 heteroatoms. The maximum absolute atomic E-state index is 11.5. The number of hydrogen-bond acceptors (Lipinski definition) is 5. The second-order valence-electron chi connectivity index (χ2n) is 4.49. The van der Waals surface area contributed by atoms with Gasteiger partial charge >= 0.3 is 0 Å². The predicted molar refractivity (Wildman–Crippen MR) is 90.8 cm³/mol. The van der Waals surface area contributed by atoms with Crippen molar-refractivity contribution in [1.29, 1.82) is 0 Å². The number of thioether (sulfide) groups is 1. The number of carbonyl (C=O) groups excluding carboxylic acids is 1. The van der Waals surface area contributed by atoms with Crippen molar-refractivity contribution in [2.75, 3.05) is 12.3 Å². The second-order valence-corrected chi connectivity index (χ2v) is 6.35. The Bertz CT molecular complexity index is 863. The van der Waals surface area contributed by atoms with E-state index in [1.165, 1.54) is 11.8 Å². The Morgan fingerprint density at radius 3 is 3.14 bits per heavy atom. The summed E-state index contributed by atoms with van der Waals surface area (Å²) < 4.78 is 0.972. The van der Waals surface area contributed by atoms with E-state index in [1.807, 2.05) is 18.2 Å². The first-order valence-electron chi connectivity index (χ1n) is 6.49. The van der Waals surface area contributed by atoms with Gasteiger partial charge in [0.1, 0.15) is 5.52 Å². The molecule has 0 aliphatic heterocycles. The van der Waals surface area contributed by atoms with E-state index >= 15 is 0 Å². The van der Waals surface area contributed by atoms with Crippen LogP contribution in [0.25, 0.3) is 22.1 Å². The van der Waals surface area contributed by atoms with Crippen LogP contribution in [0.3, 0.4) is 0 Å². The predicted octanol–water partition coefficient (Wildman–Crippen LogP) is 2.66. The van der Waals surface area contributed by atoms with Gasteiger partial charge in [-0.1, -0.05) is 33.8 Å². The number of aromatic nitrogens is 4. The third-order valence-electron chi connectivity index (χ3n) is 2.93. The van der Waals surface area contributed by atoms with E-state index < -0.39 is 0 Å². The normalized spacial score (nSPS) is 11.0. The number of carbonyl (C=O) groups is 1. The van der Waals surface area contributed by atoms with Crippen molar-refractivity contribution >= 4 is 55.7 Å². The topological polar surface area (TPSA) is 83.6 Å². The van der Waals surface area contributed by atoms with Gasteiger partial charge in [0.15, 0.2) is 5.65 Å². The Balaban J connectivity index is 1.82. The number of benzene rings is 1. The molecule has 2 heterocycles. The molecule has 0 fully saturated rings. The number of nitrogens with one attached hydrogen (secondary N) is 2. The number of aromatic amines is 1. The monoisotopic (exact) mass is 377 g/mol. The largest absolute Gasteiger partial charge is 0.352 e. The standard InChI is InChI=1S/C14H12BrN5OS/c1-2-5-16-11(21)7-22-14-18-13-12(19-20-14)9-6-8(15)3-4-10(9)17-13/h2-4,6H,1,5,7H2,(H,16,21)(H,17,18,20). The van der Waals surface area contributed by atoms with Crippen molar-refractivity contribution in [2.24, 2.45) is 0 Å². The van der Waals surface area contributed by atoms with Crippen LogP contribution in [0, 0.1) is 0 Å². The summed E-state index contributed by atoms with van der Waals surface area (Å²) in [7, 11) is 0. The van der Waals surface area contributed by atoms with E-state index in [0.717, 1.165) is 20.9 Å². The van der Waals surface area contributed by atoms with E-state index in [-0.39, 0.29) is 11.7 Å². The molecule has 0 saturated carbocycles. The molecule has 0 spiro atoms. The molecular formula is C14H12BrN5OS. The molecule has 112 valence electrons. The van der Waals surface area contributed by atoms with Crippen LogP contribution in [0.1, 0.15) is 0 Å². The Morgan fingerprint density at radius 1 is 1.45 bits per heavy atom. The van der Waals surface area contributed by atoms with Crippen LogP contribution in [0.5, 0.6) is 0 Å². The molecule has 2 aromatic heterocycles. The highest BCUT2D eigenvalue weighted by Crippen LogP contribution is 2.26. The first-order chi connectivity index (χ1) is 10.7. The fraction of sp³-hybridized carbons (Fsp3) is 0.143.